The van der Waals surface area contributed by atoms with Gasteiger partial charge < -0.3 is 14.2 Å². The maximum atomic E-state index is 11.9. The monoisotopic (exact) mass is 334 g/mol. The number of nitriles is 2. The Hall–Kier alpha value is -3.77. The summed E-state index contributed by atoms with van der Waals surface area (Å²) < 4.78 is 15.7. The first kappa shape index (κ1) is 17.6. The molecule has 6 heteroatoms. The van der Waals surface area contributed by atoms with Gasteiger partial charge in [0.1, 0.15) is 23.5 Å². The lowest BCUT2D eigenvalue weighted by molar-refractivity contribution is -0.136. The number of nitrogens with zero attached hydrogens (tertiary/aromatic N) is 2. The number of methoxy groups -OCH3 is 1. The molecule has 0 bridgehead atoms. The van der Waals surface area contributed by atoms with Gasteiger partial charge in [0.25, 0.3) is 0 Å². The van der Waals surface area contributed by atoms with E-state index in [1.807, 2.05) is 0 Å². The van der Waals surface area contributed by atoms with Crippen molar-refractivity contribution in [1.82, 2.24) is 0 Å². The minimum Gasteiger partial charge on any atom is -0.493 e. The van der Waals surface area contributed by atoms with Crippen LogP contribution in [0.3, 0.4) is 0 Å². The molecule has 2 rings (SSSR count). The molecule has 0 aliphatic carbocycles. The van der Waals surface area contributed by atoms with Crippen molar-refractivity contribution < 1.29 is 19.0 Å². The molecular formula is C19H14N2O4. The van der Waals surface area contributed by atoms with Crippen molar-refractivity contribution in [2.45, 2.75) is 0 Å². The largest absolute Gasteiger partial charge is 0.493 e. The lowest BCUT2D eigenvalue weighted by Crippen LogP contribution is -2.17. The second-order valence-electron chi connectivity index (χ2n) is 4.76. The third-order valence-corrected chi connectivity index (χ3v) is 3.08. The Morgan fingerprint density at radius 2 is 1.68 bits per heavy atom. The third kappa shape index (κ3) is 5.12. The number of benzene rings is 2. The van der Waals surface area contributed by atoms with Gasteiger partial charge in [-0.2, -0.15) is 10.5 Å². The zero-order valence-electron chi connectivity index (χ0n) is 13.4. The summed E-state index contributed by atoms with van der Waals surface area (Å²) in [5.74, 6) is 0.741. The van der Waals surface area contributed by atoms with E-state index in [-0.39, 0.29) is 12.2 Å². The quantitative estimate of drug-likeness (QED) is 0.458. The third-order valence-electron chi connectivity index (χ3n) is 3.08. The highest BCUT2D eigenvalue weighted by molar-refractivity contribution is 5.74. The van der Waals surface area contributed by atoms with Crippen molar-refractivity contribution in [2.75, 3.05) is 13.7 Å². The Morgan fingerprint density at radius 1 is 1.04 bits per heavy atom. The summed E-state index contributed by atoms with van der Waals surface area (Å²) in [6, 6.07) is 16.9. The molecule has 0 aliphatic heterocycles. The molecular weight excluding hydrogens is 320 g/mol. The number of hydrogen-bond acceptors (Lipinski definition) is 6. The van der Waals surface area contributed by atoms with Crippen LogP contribution in [0.5, 0.6) is 17.2 Å². The summed E-state index contributed by atoms with van der Waals surface area (Å²) >= 11 is 0. The summed E-state index contributed by atoms with van der Waals surface area (Å²) in [6.45, 7) is -0.269. The highest BCUT2D eigenvalue weighted by Gasteiger charge is 2.09. The maximum absolute atomic E-state index is 11.9. The van der Waals surface area contributed by atoms with E-state index in [2.05, 4.69) is 0 Å². The van der Waals surface area contributed by atoms with Gasteiger partial charge in [0.2, 0.25) is 0 Å². The highest BCUT2D eigenvalue weighted by atomic mass is 16.6. The predicted octanol–water partition coefficient (Wildman–Crippen LogP) is 3.11. The molecule has 0 atom stereocenters. The van der Waals surface area contributed by atoms with Gasteiger partial charge in [-0.3, -0.25) is 0 Å². The number of carbonyl (C=O) groups excluding carboxylic acids is 1. The number of carbonyl (C=O) groups is 1. The van der Waals surface area contributed by atoms with E-state index in [1.165, 1.54) is 13.2 Å². The first-order chi connectivity index (χ1) is 12.2. The van der Waals surface area contributed by atoms with Crippen molar-refractivity contribution in [2.24, 2.45) is 0 Å². The Balaban J connectivity index is 1.94. The molecule has 0 amide bonds. The maximum Gasteiger partial charge on any atom is 0.349 e. The van der Waals surface area contributed by atoms with Crippen molar-refractivity contribution in [1.29, 1.82) is 10.5 Å². The van der Waals surface area contributed by atoms with E-state index >= 15 is 0 Å². The number of para-hydroxylation sites is 2. The van der Waals surface area contributed by atoms with Gasteiger partial charge in [-0.1, -0.05) is 24.3 Å². The van der Waals surface area contributed by atoms with Crippen molar-refractivity contribution in [3.63, 3.8) is 0 Å². The summed E-state index contributed by atoms with van der Waals surface area (Å²) in [4.78, 5) is 11.9. The molecule has 0 aromatic heterocycles. The van der Waals surface area contributed by atoms with Crippen LogP contribution in [0.1, 0.15) is 5.56 Å². The van der Waals surface area contributed by atoms with Crippen molar-refractivity contribution in [3.05, 3.63) is 59.7 Å². The molecule has 2 aromatic rings. The van der Waals surface area contributed by atoms with Gasteiger partial charge in [-0.25, -0.2) is 4.79 Å². The van der Waals surface area contributed by atoms with E-state index in [1.54, 1.807) is 60.7 Å². The molecule has 0 unspecified atom stereocenters. The van der Waals surface area contributed by atoms with Crippen LogP contribution in [-0.2, 0) is 4.79 Å². The number of hydrogen-bond donors (Lipinski definition) is 0. The molecule has 0 heterocycles. The van der Waals surface area contributed by atoms with E-state index in [0.29, 0.717) is 22.8 Å². The van der Waals surface area contributed by atoms with Crippen LogP contribution in [-0.4, -0.2) is 19.7 Å². The molecule has 0 saturated carbocycles. The molecule has 0 aliphatic rings. The lowest BCUT2D eigenvalue weighted by atomic mass is 10.1. The number of rotatable bonds is 6. The van der Waals surface area contributed by atoms with Crippen LogP contribution < -0.4 is 14.2 Å². The zero-order chi connectivity index (χ0) is 18.1. The number of allylic oxidation sites excluding steroid dienone is 1. The predicted molar refractivity (Wildman–Crippen MR) is 89.8 cm³/mol. The van der Waals surface area contributed by atoms with Crippen LogP contribution in [0, 0.1) is 22.7 Å². The molecule has 0 fully saturated rings. The second-order valence-corrected chi connectivity index (χ2v) is 4.76. The second kappa shape index (κ2) is 8.76. The first-order valence-electron chi connectivity index (χ1n) is 7.24. The molecule has 0 spiro atoms. The zero-order valence-corrected chi connectivity index (χ0v) is 13.4. The van der Waals surface area contributed by atoms with Crippen LogP contribution in [0.4, 0.5) is 0 Å². The van der Waals surface area contributed by atoms with Gasteiger partial charge in [-0.05, 0) is 35.9 Å². The standard InChI is InChI=1S/C19H14N2O4/c1-23-17-4-2-3-5-18(17)24-13-19(22)25-16-8-6-14(7-9-16)10-15(11-20)12-21/h2-10H,13H2,1H3. The fourth-order valence-corrected chi connectivity index (χ4v) is 1.92. The SMILES string of the molecule is COc1ccccc1OCC(=O)Oc1ccc(C=C(C#N)C#N)cc1. The average molecular weight is 334 g/mol. The van der Waals surface area contributed by atoms with Crippen LogP contribution in [0.15, 0.2) is 54.1 Å². The number of ether oxygens (including phenoxy) is 3. The summed E-state index contributed by atoms with van der Waals surface area (Å²) in [6.07, 6.45) is 1.44. The van der Waals surface area contributed by atoms with Crippen LogP contribution in [0.2, 0.25) is 0 Å². The molecule has 25 heavy (non-hydrogen) atoms. The van der Waals surface area contributed by atoms with Crippen molar-refractivity contribution >= 4 is 12.0 Å². The van der Waals surface area contributed by atoms with Gasteiger partial charge >= 0.3 is 5.97 Å². The lowest BCUT2D eigenvalue weighted by Gasteiger charge is -2.10. The molecule has 0 radical (unpaired) electrons. The van der Waals surface area contributed by atoms with Gasteiger partial charge in [0, 0.05) is 0 Å². The Kier molecular flexibility index (Phi) is 6.16. The Morgan fingerprint density at radius 3 is 2.28 bits per heavy atom. The molecule has 6 nitrogen and oxygen atoms in total. The van der Waals surface area contributed by atoms with Crippen molar-refractivity contribution in [3.8, 4) is 29.4 Å². The van der Waals surface area contributed by atoms with E-state index in [0.717, 1.165) is 0 Å². The molecule has 124 valence electrons. The normalized spacial score (nSPS) is 9.24. The Bertz CT molecular complexity index is 842. The van der Waals surface area contributed by atoms with Gasteiger partial charge in [-0.15, -0.1) is 0 Å². The summed E-state index contributed by atoms with van der Waals surface area (Å²) in [5, 5.41) is 17.4. The summed E-state index contributed by atoms with van der Waals surface area (Å²) in [5.41, 5.74) is 0.651. The van der Waals surface area contributed by atoms with Crippen LogP contribution >= 0.6 is 0 Å². The van der Waals surface area contributed by atoms with E-state index in [4.69, 9.17) is 24.7 Å². The molecule has 0 N–H and O–H groups in total. The number of esters is 1. The Labute approximate surface area is 145 Å². The first-order valence-corrected chi connectivity index (χ1v) is 7.24. The summed E-state index contributed by atoms with van der Waals surface area (Å²) in [7, 11) is 1.51. The van der Waals surface area contributed by atoms with E-state index < -0.39 is 5.97 Å². The minimum atomic E-state index is -0.566. The van der Waals surface area contributed by atoms with Gasteiger partial charge in [0.15, 0.2) is 18.1 Å². The van der Waals surface area contributed by atoms with Crippen LogP contribution in [0.25, 0.3) is 6.08 Å². The smallest absolute Gasteiger partial charge is 0.349 e. The highest BCUT2D eigenvalue weighted by Crippen LogP contribution is 2.25. The van der Waals surface area contributed by atoms with Gasteiger partial charge in [0.05, 0.1) is 7.11 Å². The van der Waals surface area contributed by atoms with E-state index in [9.17, 15) is 4.79 Å². The fraction of sp³-hybridized carbons (Fsp3) is 0.105. The molecule has 2 aromatic carbocycles. The average Bonchev–Trinajstić information content (AvgIpc) is 2.66. The molecule has 0 saturated heterocycles. The fourth-order valence-electron chi connectivity index (χ4n) is 1.92. The topological polar surface area (TPSA) is 92.3 Å². The minimum absolute atomic E-state index is 0.00467.